The molecule has 2 aromatic heterocycles. The second-order valence-electron chi connectivity index (χ2n) is 6.01. The Balaban J connectivity index is 0.00000171. The van der Waals surface area contributed by atoms with Gasteiger partial charge < -0.3 is 11.1 Å². The molecule has 4 aromatic rings. The van der Waals surface area contributed by atoms with E-state index in [0.717, 1.165) is 0 Å². The quantitative estimate of drug-likeness (QED) is 0.464. The molecule has 0 aliphatic carbocycles. The smallest absolute Gasteiger partial charge is 1.00 e. The largest absolute Gasteiger partial charge is 1.00 e. The minimum absolute atomic E-state index is 0. The first-order valence-electron chi connectivity index (χ1n) is 8.72. The van der Waals surface area contributed by atoms with Gasteiger partial charge in [0.25, 0.3) is 5.88 Å². The number of aromatic amines is 1. The van der Waals surface area contributed by atoms with Crippen LogP contribution in [0.3, 0.4) is 0 Å². The number of carbonyl (C=O) groups is 2. The molecular formula is C20H17KN6O3. The third-order valence-corrected chi connectivity index (χ3v) is 3.94. The summed E-state index contributed by atoms with van der Waals surface area (Å²) in [5.74, 6) is -0.406. The first kappa shape index (κ1) is 22.1. The Labute approximate surface area is 215 Å². The van der Waals surface area contributed by atoms with Crippen molar-refractivity contribution in [1.29, 1.82) is 0 Å². The molecular weight excluding hydrogens is 411 g/mol. The van der Waals surface area contributed by atoms with E-state index in [1.165, 1.54) is 18.2 Å². The van der Waals surface area contributed by atoms with Crippen LogP contribution >= 0.6 is 0 Å². The molecule has 2 N–H and O–H groups in total. The summed E-state index contributed by atoms with van der Waals surface area (Å²) >= 11 is 0. The zero-order valence-electron chi connectivity index (χ0n) is 17.4. The van der Waals surface area contributed by atoms with E-state index in [9.17, 15) is 9.59 Å². The molecule has 30 heavy (non-hydrogen) atoms. The first-order chi connectivity index (χ1) is 14.1. The molecule has 2 heterocycles. The number of rotatable bonds is 4. The summed E-state index contributed by atoms with van der Waals surface area (Å²) in [5, 5.41) is 2.47. The van der Waals surface area contributed by atoms with Crippen molar-refractivity contribution in [2.24, 2.45) is 0 Å². The number of nitrogens with zero attached hydrogens (tertiary/aromatic N) is 4. The maximum Gasteiger partial charge on any atom is 1.00 e. The molecule has 0 saturated carbocycles. The minimum atomic E-state index is -0.675. The number of hydrogen-bond donors (Lipinski definition) is 2. The van der Waals surface area contributed by atoms with Crippen LogP contribution in [0.5, 0.6) is 5.88 Å². The molecule has 146 valence electrons. The second-order valence-corrected chi connectivity index (χ2v) is 6.01. The average Bonchev–Trinajstić information content (AvgIpc) is 3.18. The molecule has 4 rings (SSSR count). The van der Waals surface area contributed by atoms with Crippen molar-refractivity contribution in [3.8, 4) is 5.88 Å². The number of imidazole rings is 1. The normalized spacial score (nSPS) is 10.2. The molecule has 2 amide bonds. The number of fused-ring (bicyclic) bond motifs is 1. The number of benzene rings is 2. The predicted octanol–water partition coefficient (Wildman–Crippen LogP) is 0.765. The summed E-state index contributed by atoms with van der Waals surface area (Å²) in [6.07, 6.45) is 0.728. The van der Waals surface area contributed by atoms with Gasteiger partial charge in [-0.25, -0.2) is 14.7 Å². The minimum Gasteiger partial charge on any atom is -1.00 e. The van der Waals surface area contributed by atoms with Crippen LogP contribution in [0.15, 0.2) is 67.0 Å². The van der Waals surface area contributed by atoms with Gasteiger partial charge in [-0.3, -0.25) is 10.1 Å². The van der Waals surface area contributed by atoms with E-state index >= 15 is 0 Å². The number of hydrogen-bond acceptors (Lipinski definition) is 6. The Hall–Kier alpha value is -2.63. The molecule has 0 saturated heterocycles. The van der Waals surface area contributed by atoms with Crippen molar-refractivity contribution in [3.63, 3.8) is 0 Å². The molecule has 0 atom stereocenters. The number of amides is 2. The van der Waals surface area contributed by atoms with Crippen LogP contribution in [0.4, 0.5) is 22.1 Å². The molecule has 0 bridgehead atoms. The zero-order valence-corrected chi connectivity index (χ0v) is 19.5. The van der Waals surface area contributed by atoms with E-state index in [1.807, 2.05) is 36.4 Å². The molecule has 0 aliphatic heterocycles. The molecule has 0 fully saturated rings. The SMILES string of the molecule is CC(=O)Nc1nc(OC(=O)N(c2ccccc2)c2ccccc2)c2[nH]cnc2n1.[H-].[K+]. The van der Waals surface area contributed by atoms with Crippen molar-refractivity contribution >= 4 is 40.5 Å². The fourth-order valence-corrected chi connectivity index (χ4v) is 2.74. The van der Waals surface area contributed by atoms with E-state index in [1.54, 1.807) is 24.3 Å². The van der Waals surface area contributed by atoms with E-state index in [-0.39, 0.29) is 76.2 Å². The van der Waals surface area contributed by atoms with Crippen LogP contribution in [0.1, 0.15) is 8.35 Å². The third kappa shape index (κ3) is 4.91. The second kappa shape index (κ2) is 9.91. The van der Waals surface area contributed by atoms with Gasteiger partial charge in [0, 0.05) is 6.92 Å². The van der Waals surface area contributed by atoms with E-state index in [2.05, 4.69) is 25.3 Å². The number of carbonyl (C=O) groups excluding carboxylic acids is 2. The maximum atomic E-state index is 13.1. The van der Waals surface area contributed by atoms with Gasteiger partial charge in [-0.2, -0.15) is 9.97 Å². The Morgan fingerprint density at radius 1 is 1.00 bits per heavy atom. The van der Waals surface area contributed by atoms with Gasteiger partial charge in [0.05, 0.1) is 17.7 Å². The molecule has 0 aliphatic rings. The van der Waals surface area contributed by atoms with Gasteiger partial charge in [0.2, 0.25) is 11.9 Å². The average molecular weight is 428 g/mol. The third-order valence-electron chi connectivity index (χ3n) is 3.94. The number of aromatic nitrogens is 4. The van der Waals surface area contributed by atoms with Gasteiger partial charge in [0.15, 0.2) is 5.65 Å². The molecule has 10 heteroatoms. The Morgan fingerprint density at radius 2 is 1.60 bits per heavy atom. The fourth-order valence-electron chi connectivity index (χ4n) is 2.74. The van der Waals surface area contributed by atoms with Gasteiger partial charge in [-0.15, -0.1) is 0 Å². The van der Waals surface area contributed by atoms with Crippen LogP contribution in [-0.4, -0.2) is 31.9 Å². The number of nitrogens with one attached hydrogen (secondary N) is 2. The summed E-state index contributed by atoms with van der Waals surface area (Å²) < 4.78 is 5.59. The molecule has 0 radical (unpaired) electrons. The number of H-pyrrole nitrogens is 1. The van der Waals surface area contributed by atoms with Gasteiger partial charge >= 0.3 is 57.5 Å². The van der Waals surface area contributed by atoms with E-state index < -0.39 is 6.09 Å². The first-order valence-corrected chi connectivity index (χ1v) is 8.72. The van der Waals surface area contributed by atoms with Crippen LogP contribution in [0.25, 0.3) is 11.2 Å². The summed E-state index contributed by atoms with van der Waals surface area (Å²) in [4.78, 5) is 41.1. The number of para-hydroxylation sites is 2. The number of ether oxygens (including phenoxy) is 1. The van der Waals surface area contributed by atoms with Crippen molar-refractivity contribution in [2.45, 2.75) is 6.92 Å². The summed E-state index contributed by atoms with van der Waals surface area (Å²) in [6.45, 7) is 1.33. The van der Waals surface area contributed by atoms with E-state index in [4.69, 9.17) is 4.74 Å². The summed E-state index contributed by atoms with van der Waals surface area (Å²) in [5.41, 5.74) is 1.85. The summed E-state index contributed by atoms with van der Waals surface area (Å²) in [6, 6.07) is 18.2. The maximum absolute atomic E-state index is 13.1. The van der Waals surface area contributed by atoms with Crippen molar-refractivity contribution < 1.29 is 67.1 Å². The van der Waals surface area contributed by atoms with Crippen LogP contribution < -0.4 is 66.3 Å². The van der Waals surface area contributed by atoms with Crippen LogP contribution in [0.2, 0.25) is 0 Å². The summed E-state index contributed by atoms with van der Waals surface area (Å²) in [7, 11) is 0. The topological polar surface area (TPSA) is 113 Å². The number of anilines is 3. The van der Waals surface area contributed by atoms with E-state index in [0.29, 0.717) is 16.9 Å². The Kier molecular flexibility index (Phi) is 7.29. The van der Waals surface area contributed by atoms with Gasteiger partial charge in [-0.05, 0) is 24.3 Å². The van der Waals surface area contributed by atoms with Crippen LogP contribution in [0, 0.1) is 0 Å². The Bertz CT molecular complexity index is 1130. The monoisotopic (exact) mass is 428 g/mol. The van der Waals surface area contributed by atoms with Crippen molar-refractivity contribution in [1.82, 2.24) is 19.9 Å². The fraction of sp³-hybridized carbons (Fsp3) is 0.0500. The van der Waals surface area contributed by atoms with Crippen molar-refractivity contribution in [3.05, 3.63) is 67.0 Å². The molecule has 9 nitrogen and oxygen atoms in total. The van der Waals surface area contributed by atoms with Gasteiger partial charge in [0.1, 0.15) is 5.52 Å². The predicted molar refractivity (Wildman–Crippen MR) is 108 cm³/mol. The van der Waals surface area contributed by atoms with Gasteiger partial charge in [-0.1, -0.05) is 36.4 Å². The molecule has 2 aromatic carbocycles. The molecule has 0 spiro atoms. The standard InChI is InChI=1S/C20H16N6O3.K.H/c1-13(27)23-19-24-17-16(21-12-22-17)18(25-19)29-20(28)26(14-8-4-2-5-9-14)15-10-6-3-7-11-15;;/h2-12H,1H3,(H2,21,22,23,24,25,27);;/q;+1;-1. The van der Waals surface area contributed by atoms with Crippen LogP contribution in [-0.2, 0) is 4.79 Å². The van der Waals surface area contributed by atoms with Crippen molar-refractivity contribution in [2.75, 3.05) is 10.2 Å². The molecule has 0 unspecified atom stereocenters. The Morgan fingerprint density at radius 3 is 2.17 bits per heavy atom. The zero-order chi connectivity index (χ0) is 20.2.